The van der Waals surface area contributed by atoms with Crippen LogP contribution in [0.2, 0.25) is 0 Å². The van der Waals surface area contributed by atoms with Crippen LogP contribution in [-0.4, -0.2) is 31.6 Å². The zero-order chi connectivity index (χ0) is 23.1. The van der Waals surface area contributed by atoms with Crippen LogP contribution in [0.3, 0.4) is 0 Å². The summed E-state index contributed by atoms with van der Waals surface area (Å²) in [6.07, 6.45) is 11.3. The van der Waals surface area contributed by atoms with Crippen LogP contribution in [0, 0.1) is 22.7 Å². The van der Waals surface area contributed by atoms with E-state index in [1.807, 2.05) is 24.3 Å². The molecule has 0 spiro atoms. The van der Waals surface area contributed by atoms with Crippen LogP contribution >= 0.6 is 0 Å². The highest BCUT2D eigenvalue weighted by molar-refractivity contribution is 5.92. The van der Waals surface area contributed by atoms with Crippen molar-refractivity contribution in [3.63, 3.8) is 0 Å². The fourth-order valence-corrected chi connectivity index (χ4v) is 6.22. The van der Waals surface area contributed by atoms with Gasteiger partial charge in [0.15, 0.2) is 0 Å². The maximum absolute atomic E-state index is 13.4. The Morgan fingerprint density at radius 2 is 1.88 bits per heavy atom. The van der Waals surface area contributed by atoms with Crippen molar-refractivity contribution in [2.75, 3.05) is 25.1 Å². The third-order valence-electron chi connectivity index (χ3n) is 9.45. The van der Waals surface area contributed by atoms with Crippen molar-refractivity contribution < 1.29 is 14.3 Å². The number of rotatable bonds is 9. The number of benzene rings is 1. The molecule has 2 atom stereocenters. The summed E-state index contributed by atoms with van der Waals surface area (Å²) in [5.41, 5.74) is 1.66. The van der Waals surface area contributed by atoms with Gasteiger partial charge < -0.3 is 15.4 Å². The van der Waals surface area contributed by atoms with Crippen molar-refractivity contribution >= 4 is 17.5 Å². The molecular formula is C28H40N2O3. The second kappa shape index (κ2) is 8.72. The number of hydrogen-bond donors (Lipinski definition) is 2. The van der Waals surface area contributed by atoms with Crippen LogP contribution in [0.15, 0.2) is 24.3 Å². The minimum atomic E-state index is -0.670. The van der Waals surface area contributed by atoms with E-state index in [0.717, 1.165) is 23.7 Å². The lowest BCUT2D eigenvalue weighted by Crippen LogP contribution is -2.49. The van der Waals surface area contributed by atoms with Gasteiger partial charge in [0.25, 0.3) is 0 Å². The van der Waals surface area contributed by atoms with Gasteiger partial charge in [-0.1, -0.05) is 51.7 Å². The predicted molar refractivity (Wildman–Crippen MR) is 130 cm³/mol. The molecular weight excluding hydrogens is 412 g/mol. The normalized spacial score (nSPS) is 28.3. The maximum Gasteiger partial charge on any atom is 0.233 e. The monoisotopic (exact) mass is 452 g/mol. The summed E-state index contributed by atoms with van der Waals surface area (Å²) in [7, 11) is 0. The Kier molecular flexibility index (Phi) is 6.05. The average Bonchev–Trinajstić information content (AvgIpc) is 3.29. The molecule has 5 rings (SSSR count). The molecule has 0 aromatic heterocycles. The van der Waals surface area contributed by atoms with Gasteiger partial charge in [0.1, 0.15) is 0 Å². The number of amides is 2. The van der Waals surface area contributed by atoms with Crippen LogP contribution in [-0.2, 0) is 19.7 Å². The van der Waals surface area contributed by atoms with Crippen molar-refractivity contribution in [3.8, 4) is 0 Å². The summed E-state index contributed by atoms with van der Waals surface area (Å²) < 4.78 is 5.72. The van der Waals surface area contributed by atoms with E-state index in [1.54, 1.807) is 0 Å². The van der Waals surface area contributed by atoms with Crippen LogP contribution in [0.5, 0.6) is 0 Å². The molecule has 0 radical (unpaired) electrons. The highest BCUT2D eigenvalue weighted by Gasteiger charge is 2.49. The lowest BCUT2D eigenvalue weighted by Gasteiger charge is -2.39. The van der Waals surface area contributed by atoms with E-state index in [4.69, 9.17) is 4.74 Å². The molecule has 5 nitrogen and oxygen atoms in total. The molecule has 180 valence electrons. The van der Waals surface area contributed by atoms with Gasteiger partial charge in [-0.2, -0.15) is 0 Å². The molecule has 1 aliphatic heterocycles. The van der Waals surface area contributed by atoms with E-state index < -0.39 is 5.41 Å². The van der Waals surface area contributed by atoms with Crippen LogP contribution < -0.4 is 10.6 Å². The van der Waals surface area contributed by atoms with Gasteiger partial charge in [-0.05, 0) is 72.5 Å². The number of carbonyl (C=O) groups excluding carboxylic acids is 2. The predicted octanol–water partition coefficient (Wildman–Crippen LogP) is 5.20. The molecule has 0 bridgehead atoms. The zero-order valence-corrected chi connectivity index (χ0v) is 20.4. The molecule has 2 N–H and O–H groups in total. The average molecular weight is 453 g/mol. The molecule has 3 saturated carbocycles. The first-order valence-electron chi connectivity index (χ1n) is 13.1. The summed E-state index contributed by atoms with van der Waals surface area (Å²) >= 11 is 0. The third kappa shape index (κ3) is 4.58. The quantitative estimate of drug-likeness (QED) is 0.541. The number of anilines is 1. The zero-order valence-electron chi connectivity index (χ0n) is 20.4. The minimum Gasteiger partial charge on any atom is -0.380 e. The summed E-state index contributed by atoms with van der Waals surface area (Å²) in [6.45, 7) is 6.32. The smallest absolute Gasteiger partial charge is 0.233 e. The summed E-state index contributed by atoms with van der Waals surface area (Å²) in [5.74, 6) is 1.39. The molecule has 1 heterocycles. The van der Waals surface area contributed by atoms with Crippen molar-refractivity contribution in [1.29, 1.82) is 0 Å². The Hall–Kier alpha value is -1.88. The molecule has 1 aromatic rings. The first kappa shape index (κ1) is 22.9. The molecule has 4 aliphatic rings. The van der Waals surface area contributed by atoms with Crippen molar-refractivity contribution in [2.24, 2.45) is 22.7 Å². The molecule has 4 fully saturated rings. The topological polar surface area (TPSA) is 67.4 Å². The highest BCUT2D eigenvalue weighted by Crippen LogP contribution is 2.58. The molecule has 2 amide bonds. The minimum absolute atomic E-state index is 0.0586. The van der Waals surface area contributed by atoms with Gasteiger partial charge in [-0.25, -0.2) is 0 Å². The van der Waals surface area contributed by atoms with Gasteiger partial charge in [-0.3, -0.25) is 9.59 Å². The SMILES string of the molecule is CC1(CNC(=O)C2(c3cccc(NC(=O)CC(C4CCC4)C4(C)CC4)c3)CCOC2)CCC1. The number of hydrogen-bond acceptors (Lipinski definition) is 3. The van der Waals surface area contributed by atoms with Crippen molar-refractivity contribution in [1.82, 2.24) is 5.32 Å². The Balaban J connectivity index is 1.27. The van der Waals surface area contributed by atoms with E-state index in [9.17, 15) is 9.59 Å². The summed E-state index contributed by atoms with van der Waals surface area (Å²) in [5, 5.41) is 6.39. The summed E-state index contributed by atoms with van der Waals surface area (Å²) in [6, 6.07) is 7.90. The van der Waals surface area contributed by atoms with E-state index in [-0.39, 0.29) is 17.2 Å². The maximum atomic E-state index is 13.4. The van der Waals surface area contributed by atoms with Gasteiger partial charge in [0.05, 0.1) is 12.0 Å². The highest BCUT2D eigenvalue weighted by atomic mass is 16.5. The van der Waals surface area contributed by atoms with Crippen LogP contribution in [0.25, 0.3) is 0 Å². The van der Waals surface area contributed by atoms with E-state index >= 15 is 0 Å². The second-order valence-electron chi connectivity index (χ2n) is 12.0. The molecule has 1 aromatic carbocycles. The van der Waals surface area contributed by atoms with Crippen LogP contribution in [0.1, 0.15) is 83.6 Å². The standard InChI is InChI=1S/C28H40N2O3/c1-26(10-5-11-26)18-29-25(32)28(14-15-33-19-28)21-8-4-9-22(16-21)30-24(31)17-23(20-6-3-7-20)27(2)12-13-27/h4,8-9,16,20,23H,3,5-7,10-15,17-19H2,1-2H3,(H,29,32)(H,30,31). The van der Waals surface area contributed by atoms with Gasteiger partial charge in [0, 0.05) is 25.3 Å². The third-order valence-corrected chi connectivity index (χ3v) is 9.45. The molecule has 5 heteroatoms. The number of nitrogens with one attached hydrogen (secondary N) is 2. The second-order valence-corrected chi connectivity index (χ2v) is 12.0. The first-order chi connectivity index (χ1) is 15.8. The summed E-state index contributed by atoms with van der Waals surface area (Å²) in [4.78, 5) is 26.4. The van der Waals surface area contributed by atoms with Gasteiger partial charge in [0.2, 0.25) is 11.8 Å². The van der Waals surface area contributed by atoms with Crippen molar-refractivity contribution in [2.45, 2.75) is 83.5 Å². The Labute approximate surface area is 198 Å². The lowest BCUT2D eigenvalue weighted by molar-refractivity contribution is -0.127. The Bertz CT molecular complexity index is 892. The molecule has 2 unspecified atom stereocenters. The van der Waals surface area contributed by atoms with E-state index in [2.05, 4.69) is 24.5 Å². The van der Waals surface area contributed by atoms with Crippen molar-refractivity contribution in [3.05, 3.63) is 29.8 Å². The fraction of sp³-hybridized carbons (Fsp3) is 0.714. The van der Waals surface area contributed by atoms with Gasteiger partial charge in [-0.15, -0.1) is 0 Å². The fourth-order valence-electron chi connectivity index (χ4n) is 6.22. The number of ether oxygens (including phenoxy) is 1. The molecule has 33 heavy (non-hydrogen) atoms. The molecule has 1 saturated heterocycles. The van der Waals surface area contributed by atoms with E-state index in [1.165, 1.54) is 51.4 Å². The largest absolute Gasteiger partial charge is 0.380 e. The molecule has 3 aliphatic carbocycles. The van der Waals surface area contributed by atoms with Gasteiger partial charge >= 0.3 is 0 Å². The van der Waals surface area contributed by atoms with E-state index in [0.29, 0.717) is 37.4 Å². The Morgan fingerprint density at radius 1 is 1.09 bits per heavy atom. The first-order valence-corrected chi connectivity index (χ1v) is 13.1. The lowest BCUT2D eigenvalue weighted by atomic mass is 9.68. The van der Waals surface area contributed by atoms with Crippen LogP contribution in [0.4, 0.5) is 5.69 Å². The number of carbonyl (C=O) groups is 2. The Morgan fingerprint density at radius 3 is 2.45 bits per heavy atom.